The Labute approximate surface area is 163 Å². The van der Waals surface area contributed by atoms with E-state index in [0.29, 0.717) is 11.3 Å². The van der Waals surface area contributed by atoms with Gasteiger partial charge in [-0.05, 0) is 42.0 Å². The van der Waals surface area contributed by atoms with E-state index in [1.54, 1.807) is 6.92 Å². The average molecular weight is 433 g/mol. The van der Waals surface area contributed by atoms with Crippen LogP contribution in [0.4, 0.5) is 8.78 Å². The fourth-order valence-electron chi connectivity index (χ4n) is 2.30. The number of rotatable bonds is 9. The Hall–Kier alpha value is -2.04. The number of sulfone groups is 1. The van der Waals surface area contributed by atoms with Crippen molar-refractivity contribution in [2.45, 2.75) is 18.4 Å². The van der Waals surface area contributed by atoms with Crippen LogP contribution in [0.3, 0.4) is 0 Å². The van der Waals surface area contributed by atoms with Crippen LogP contribution in [0.2, 0.25) is 0 Å². The zero-order valence-electron chi connectivity index (χ0n) is 15.4. The minimum absolute atomic E-state index is 0.00823. The van der Waals surface area contributed by atoms with Gasteiger partial charge in [-0.2, -0.15) is 4.31 Å². The molecule has 0 aromatic heterocycles. The Balaban J connectivity index is 2.05. The highest BCUT2D eigenvalue weighted by Gasteiger charge is 2.21. The monoisotopic (exact) mass is 433 g/mol. The molecule has 0 atom stereocenters. The molecule has 0 fully saturated rings. The van der Waals surface area contributed by atoms with E-state index < -0.39 is 31.5 Å². The first-order valence-corrected chi connectivity index (χ1v) is 11.6. The van der Waals surface area contributed by atoms with Gasteiger partial charge in [0.1, 0.15) is 12.4 Å². The number of benzene rings is 2. The second kappa shape index (κ2) is 8.97. The largest absolute Gasteiger partial charge is 0.493 e. The molecular formula is C18H21F2NO5S2. The van der Waals surface area contributed by atoms with Crippen molar-refractivity contribution >= 4 is 19.9 Å². The van der Waals surface area contributed by atoms with Crippen molar-refractivity contribution in [2.24, 2.45) is 0 Å². The molecule has 0 radical (unpaired) electrons. The highest BCUT2D eigenvalue weighted by atomic mass is 32.2. The number of nitrogens with zero attached hydrogens (tertiary/aromatic N) is 1. The summed E-state index contributed by atoms with van der Waals surface area (Å²) in [5.74, 6) is -1.81. The molecule has 154 valence electrons. The first-order chi connectivity index (χ1) is 13.0. The zero-order chi connectivity index (χ0) is 20.9. The number of sulfonamides is 1. The third-order valence-electron chi connectivity index (χ3n) is 4.02. The summed E-state index contributed by atoms with van der Waals surface area (Å²) in [4.78, 5) is -0.00823. The van der Waals surface area contributed by atoms with E-state index in [9.17, 15) is 25.6 Å². The molecule has 0 aliphatic rings. The Kier molecular flexibility index (Phi) is 7.13. The van der Waals surface area contributed by atoms with E-state index in [1.165, 1.54) is 37.4 Å². The first-order valence-electron chi connectivity index (χ1n) is 8.38. The molecule has 0 aliphatic carbocycles. The summed E-state index contributed by atoms with van der Waals surface area (Å²) in [5, 5.41) is 0. The minimum atomic E-state index is -3.86. The van der Waals surface area contributed by atoms with Gasteiger partial charge in [-0.3, -0.25) is 0 Å². The van der Waals surface area contributed by atoms with Gasteiger partial charge in [-0.1, -0.05) is 13.0 Å². The van der Waals surface area contributed by atoms with Gasteiger partial charge in [0, 0.05) is 19.3 Å². The summed E-state index contributed by atoms with van der Waals surface area (Å²) in [5.41, 5.74) is 0.307. The van der Waals surface area contributed by atoms with Crippen LogP contribution >= 0.6 is 0 Å². The fraction of sp³-hybridized carbons (Fsp3) is 0.333. The van der Waals surface area contributed by atoms with Gasteiger partial charge in [0.2, 0.25) is 10.0 Å². The molecule has 0 spiro atoms. The van der Waals surface area contributed by atoms with Crippen LogP contribution in [0.15, 0.2) is 47.4 Å². The third-order valence-corrected chi connectivity index (χ3v) is 7.51. The predicted octanol–water partition coefficient (Wildman–Crippen LogP) is 2.60. The smallest absolute Gasteiger partial charge is 0.243 e. The zero-order valence-corrected chi connectivity index (χ0v) is 17.1. The molecule has 0 aliphatic heterocycles. The maximum Gasteiger partial charge on any atom is 0.243 e. The van der Waals surface area contributed by atoms with E-state index in [-0.39, 0.29) is 29.6 Å². The van der Waals surface area contributed by atoms with E-state index in [0.717, 1.165) is 16.4 Å². The normalized spacial score (nSPS) is 12.3. The molecule has 0 unspecified atom stereocenters. The van der Waals surface area contributed by atoms with Crippen LogP contribution in [-0.2, 0) is 26.4 Å². The molecule has 0 bridgehead atoms. The summed E-state index contributed by atoms with van der Waals surface area (Å²) >= 11 is 0. The van der Waals surface area contributed by atoms with Gasteiger partial charge < -0.3 is 4.74 Å². The van der Waals surface area contributed by atoms with Crippen molar-refractivity contribution in [2.75, 3.05) is 25.2 Å². The lowest BCUT2D eigenvalue weighted by molar-refractivity contribution is 0.340. The molecule has 2 aromatic rings. The molecular weight excluding hydrogens is 412 g/mol. The van der Waals surface area contributed by atoms with Crippen LogP contribution in [0.25, 0.3) is 0 Å². The van der Waals surface area contributed by atoms with Gasteiger partial charge in [-0.15, -0.1) is 0 Å². The van der Waals surface area contributed by atoms with Crippen molar-refractivity contribution in [3.8, 4) is 5.75 Å². The average Bonchev–Trinajstić information content (AvgIpc) is 2.65. The molecule has 28 heavy (non-hydrogen) atoms. The Morgan fingerprint density at radius 1 is 0.964 bits per heavy atom. The quantitative estimate of drug-likeness (QED) is 0.607. The summed E-state index contributed by atoms with van der Waals surface area (Å²) in [6.45, 7) is 1.39. The van der Waals surface area contributed by atoms with Gasteiger partial charge in [0.15, 0.2) is 21.5 Å². The van der Waals surface area contributed by atoms with Crippen LogP contribution < -0.4 is 4.74 Å². The predicted molar refractivity (Wildman–Crippen MR) is 101 cm³/mol. The fourth-order valence-corrected chi connectivity index (χ4v) is 4.08. The second-order valence-electron chi connectivity index (χ2n) is 6.07. The summed E-state index contributed by atoms with van der Waals surface area (Å²) in [7, 11) is -5.67. The lowest BCUT2D eigenvalue weighted by Crippen LogP contribution is -2.26. The van der Waals surface area contributed by atoms with E-state index in [4.69, 9.17) is 4.74 Å². The molecule has 2 aromatic carbocycles. The number of hydrogen-bond donors (Lipinski definition) is 0. The highest BCUT2D eigenvalue weighted by Crippen LogP contribution is 2.21. The first kappa shape index (κ1) is 22.3. The van der Waals surface area contributed by atoms with Crippen molar-refractivity contribution in [1.29, 1.82) is 0 Å². The topological polar surface area (TPSA) is 80.8 Å². The van der Waals surface area contributed by atoms with Gasteiger partial charge in [0.05, 0.1) is 10.6 Å². The van der Waals surface area contributed by atoms with Crippen molar-refractivity contribution in [3.63, 3.8) is 0 Å². The Morgan fingerprint density at radius 3 is 2.18 bits per heavy atom. The molecule has 0 amide bonds. The van der Waals surface area contributed by atoms with Crippen LogP contribution in [0.5, 0.6) is 5.75 Å². The van der Waals surface area contributed by atoms with Crippen LogP contribution in [-0.4, -0.2) is 46.3 Å². The van der Waals surface area contributed by atoms with Gasteiger partial charge in [-0.25, -0.2) is 25.6 Å². The third kappa shape index (κ3) is 5.73. The van der Waals surface area contributed by atoms with E-state index in [1.807, 2.05) is 0 Å². The molecule has 0 saturated carbocycles. The molecule has 2 rings (SSSR count). The summed E-state index contributed by atoms with van der Waals surface area (Å²) in [6, 6.07) is 8.72. The lowest BCUT2D eigenvalue weighted by atomic mass is 10.2. The van der Waals surface area contributed by atoms with Gasteiger partial charge in [0.25, 0.3) is 0 Å². The number of hydrogen-bond acceptors (Lipinski definition) is 5. The van der Waals surface area contributed by atoms with Crippen molar-refractivity contribution in [1.82, 2.24) is 4.31 Å². The summed E-state index contributed by atoms with van der Waals surface area (Å²) in [6.07, 6.45) is 0. The number of ether oxygens (including phenoxy) is 1. The molecule has 0 N–H and O–H groups in total. The van der Waals surface area contributed by atoms with E-state index in [2.05, 4.69) is 0 Å². The molecule has 6 nitrogen and oxygen atoms in total. The number of halogens is 2. The second-order valence-corrected chi connectivity index (χ2v) is 10.6. The maximum atomic E-state index is 13.3. The standard InChI is InChI=1S/C18H21F2NO5S2/c1-3-27(22,23)11-10-26-15-5-7-16(8-6-15)28(24,25)21(2)13-14-4-9-17(19)18(20)12-14/h4-9,12H,3,10-11,13H2,1-2H3. The van der Waals surface area contributed by atoms with Crippen LogP contribution in [0.1, 0.15) is 12.5 Å². The molecule has 0 heterocycles. The maximum absolute atomic E-state index is 13.3. The van der Waals surface area contributed by atoms with Gasteiger partial charge >= 0.3 is 0 Å². The molecule has 0 saturated heterocycles. The summed E-state index contributed by atoms with van der Waals surface area (Å²) < 4.78 is 80.7. The lowest BCUT2D eigenvalue weighted by Gasteiger charge is -2.17. The van der Waals surface area contributed by atoms with E-state index >= 15 is 0 Å². The Bertz CT molecular complexity index is 1020. The minimum Gasteiger partial charge on any atom is -0.493 e. The van der Waals surface area contributed by atoms with Crippen molar-refractivity contribution < 1.29 is 30.4 Å². The van der Waals surface area contributed by atoms with Crippen LogP contribution in [0, 0.1) is 11.6 Å². The SMILES string of the molecule is CCS(=O)(=O)CCOc1ccc(S(=O)(=O)N(C)Cc2ccc(F)c(F)c2)cc1. The Morgan fingerprint density at radius 2 is 1.61 bits per heavy atom. The van der Waals surface area contributed by atoms with Crippen molar-refractivity contribution in [3.05, 3.63) is 59.7 Å². The molecule has 10 heteroatoms. The highest BCUT2D eigenvalue weighted by molar-refractivity contribution is 7.91.